The Morgan fingerprint density at radius 2 is 0.737 bits per heavy atom. The Morgan fingerprint density at radius 3 is 1.20 bits per heavy atom. The molecule has 17 rings (SSSR count). The van der Waals surface area contributed by atoms with Crippen LogP contribution in [0.2, 0.25) is 0 Å². The van der Waals surface area contributed by atoms with Gasteiger partial charge in [0, 0.05) is 23.7 Å². The van der Waals surface area contributed by atoms with Crippen LogP contribution in [0.25, 0.3) is 0 Å². The number of ether oxygens (including phenoxy) is 8. The summed E-state index contributed by atoms with van der Waals surface area (Å²) >= 11 is 0. The molecule has 0 N–H and O–H groups in total. The second-order valence-electron chi connectivity index (χ2n) is 22.4. The average Bonchev–Trinajstić information content (AvgIpc) is 4.28. The summed E-state index contributed by atoms with van der Waals surface area (Å²) in [5, 5.41) is 0. The maximum absolute atomic E-state index is 12.1. The van der Waals surface area contributed by atoms with E-state index in [1.165, 1.54) is 0 Å². The number of carbonyl (C=O) groups excluding carboxylic acids is 16. The fourth-order valence-electron chi connectivity index (χ4n) is 16.7. The van der Waals surface area contributed by atoms with E-state index in [1.807, 2.05) is 19.1 Å². The first-order valence-corrected chi connectivity index (χ1v) is 25.0. The maximum Gasteiger partial charge on any atom is 0.321 e. The topological polar surface area (TPSA) is 347 Å². The lowest BCUT2D eigenvalue weighted by Crippen LogP contribution is -2.50. The zero-order valence-corrected chi connectivity index (χ0v) is 39.4. The number of benzene rings is 1. The molecule has 76 heavy (non-hydrogen) atoms. The number of allylic oxidation sites excluding steroid dienone is 2. The van der Waals surface area contributed by atoms with E-state index in [0.717, 1.165) is 5.56 Å². The second-order valence-corrected chi connectivity index (χ2v) is 22.4. The van der Waals surface area contributed by atoms with Gasteiger partial charge in [-0.1, -0.05) is 43.3 Å². The molecule has 18 atom stereocenters. The van der Waals surface area contributed by atoms with Gasteiger partial charge in [0.2, 0.25) is 0 Å². The van der Waals surface area contributed by atoms with Gasteiger partial charge in [0.05, 0.1) is 89.3 Å². The Hall–Kier alpha value is -7.92. The van der Waals surface area contributed by atoms with Crippen LogP contribution in [0.3, 0.4) is 0 Å². The van der Waals surface area contributed by atoms with E-state index >= 15 is 0 Å². The molecule has 0 radical (unpaired) electrons. The normalized spacial score (nSPS) is 45.0. The van der Waals surface area contributed by atoms with Gasteiger partial charge in [-0.3, -0.25) is 76.7 Å². The number of rotatable bonds is 1. The van der Waals surface area contributed by atoms with Crippen molar-refractivity contribution in [2.75, 3.05) is 0 Å². The van der Waals surface area contributed by atoms with Gasteiger partial charge < -0.3 is 37.9 Å². The fraction of sp³-hybridized carbons (Fsp3) is 0.538. The number of cyclic esters (lactones) is 16. The molecule has 392 valence electrons. The molecular formula is C52H40O24. The summed E-state index contributed by atoms with van der Waals surface area (Å²) in [5.74, 6) is -18.6. The molecule has 13 fully saturated rings. The van der Waals surface area contributed by atoms with Crippen LogP contribution < -0.4 is 0 Å². The average molecular weight is 1050 g/mol. The quantitative estimate of drug-likeness (QED) is 0.149. The Bertz CT molecular complexity index is 2960. The molecule has 6 bridgehead atoms. The third-order valence-corrected chi connectivity index (χ3v) is 19.4. The summed E-state index contributed by atoms with van der Waals surface area (Å²) in [4.78, 5) is 187. The van der Waals surface area contributed by atoms with E-state index in [4.69, 9.17) is 9.47 Å². The number of fused-ring (bicyclic) bond motifs is 19. The lowest BCUT2D eigenvalue weighted by atomic mass is 9.54. The molecule has 18 unspecified atom stereocenters. The largest absolute Gasteiger partial charge is 0.393 e. The van der Waals surface area contributed by atoms with Crippen LogP contribution in [-0.4, -0.2) is 95.5 Å². The van der Waals surface area contributed by atoms with Crippen molar-refractivity contribution in [2.45, 2.75) is 50.4 Å². The fourth-order valence-corrected chi connectivity index (χ4v) is 16.7. The van der Waals surface area contributed by atoms with Gasteiger partial charge >= 0.3 is 95.5 Å². The molecule has 8 aliphatic heterocycles. The van der Waals surface area contributed by atoms with Gasteiger partial charge in [-0.05, 0) is 60.0 Å². The van der Waals surface area contributed by atoms with Gasteiger partial charge in [-0.25, -0.2) is 0 Å². The molecule has 8 aliphatic carbocycles. The number of hydrogen-bond donors (Lipinski definition) is 0. The van der Waals surface area contributed by atoms with Crippen LogP contribution in [0.1, 0.15) is 56.1 Å². The van der Waals surface area contributed by atoms with Crippen molar-refractivity contribution in [1.29, 1.82) is 0 Å². The third-order valence-electron chi connectivity index (χ3n) is 19.4. The van der Waals surface area contributed by atoms with Crippen molar-refractivity contribution in [2.24, 2.45) is 118 Å². The summed E-state index contributed by atoms with van der Waals surface area (Å²) in [5.41, 5.74) is 0.767. The van der Waals surface area contributed by atoms with Crippen LogP contribution in [0.5, 0.6) is 0 Å². The van der Waals surface area contributed by atoms with Crippen LogP contribution in [0, 0.1) is 118 Å². The minimum Gasteiger partial charge on any atom is -0.393 e. The molecule has 5 saturated carbocycles. The first-order chi connectivity index (χ1) is 36.2. The zero-order valence-electron chi connectivity index (χ0n) is 39.4. The molecule has 1 aromatic carbocycles. The molecule has 24 nitrogen and oxygen atoms in total. The van der Waals surface area contributed by atoms with Crippen LogP contribution in [0.15, 0.2) is 36.4 Å². The summed E-state index contributed by atoms with van der Waals surface area (Å²) in [6, 6.07) is 7.24. The highest BCUT2D eigenvalue weighted by atomic mass is 16.6. The smallest absolute Gasteiger partial charge is 0.321 e. The van der Waals surface area contributed by atoms with Gasteiger partial charge in [-0.15, -0.1) is 0 Å². The molecule has 0 amide bonds. The summed E-state index contributed by atoms with van der Waals surface area (Å²) in [6.07, 6.45) is 5.15. The van der Waals surface area contributed by atoms with E-state index in [-0.39, 0.29) is 48.9 Å². The number of hydrogen-bond acceptors (Lipinski definition) is 24. The molecule has 8 saturated heterocycles. The van der Waals surface area contributed by atoms with Gasteiger partial charge in [0.25, 0.3) is 0 Å². The van der Waals surface area contributed by atoms with Crippen molar-refractivity contribution in [3.05, 3.63) is 47.5 Å². The van der Waals surface area contributed by atoms with Crippen molar-refractivity contribution < 1.29 is 115 Å². The Morgan fingerprint density at radius 1 is 0.368 bits per heavy atom. The summed E-state index contributed by atoms with van der Waals surface area (Å²) in [7, 11) is 0. The van der Waals surface area contributed by atoms with E-state index in [1.54, 1.807) is 24.3 Å². The lowest BCUT2D eigenvalue weighted by molar-refractivity contribution is -0.175. The molecule has 1 aromatic rings. The highest BCUT2D eigenvalue weighted by Crippen LogP contribution is 2.65. The van der Waals surface area contributed by atoms with Crippen molar-refractivity contribution >= 4 is 95.5 Å². The Labute approximate surface area is 425 Å². The molecule has 0 spiro atoms. The molecule has 0 aromatic heterocycles. The van der Waals surface area contributed by atoms with E-state index in [9.17, 15) is 76.7 Å². The first kappa shape index (κ1) is 47.8. The molecular weight excluding hydrogens is 1010 g/mol. The Kier molecular flexibility index (Phi) is 10.2. The molecule has 16 aliphatic rings. The van der Waals surface area contributed by atoms with Crippen LogP contribution in [-0.2, 0) is 120 Å². The van der Waals surface area contributed by atoms with Gasteiger partial charge in [0.15, 0.2) is 0 Å². The summed E-state index contributed by atoms with van der Waals surface area (Å²) in [6.45, 7) is 1.85. The van der Waals surface area contributed by atoms with E-state index in [2.05, 4.69) is 28.4 Å². The highest BCUT2D eigenvalue weighted by molar-refractivity contribution is 6.05. The van der Waals surface area contributed by atoms with Crippen molar-refractivity contribution in [3.63, 3.8) is 0 Å². The van der Waals surface area contributed by atoms with Crippen molar-refractivity contribution in [1.82, 2.24) is 0 Å². The Balaban J connectivity index is 0.0000000977. The van der Waals surface area contributed by atoms with Gasteiger partial charge in [0.1, 0.15) is 0 Å². The maximum atomic E-state index is 12.1. The predicted octanol–water partition coefficient (Wildman–Crippen LogP) is -0.420. The SMILES string of the molecule is CC1(C2CC(=O)OC2=O)CC2C(=O)OC(=O)C2c2ccccc21.O=C1CC2C3CC(C2C(=O)O1)C1C(=O)OC(=O)C31.O=C1OC(=O)C2C3C=CC(C12)C1C(=O)OC(=O)C31.O=C1OC(=O)C2C3CC(C12)C1C(=O)OC(=O)C31. The standard InChI is InChI=1S/C17H14O6.C12H10O6.C12H8O6.C11H8O6/c1-17(11-6-12(18)22-15(11)20)7-9-13(16(21)23-14(9)19)8-4-2-3-5-10(8)17;13-6-2-4-3-1-5(7(4)10(14)17-6)9-8(3)11(15)18-12(9)16;13-9-5-3-1-2-4(7(5)11(15)17-9)8-6(3)10(14)18-12(8)16;12-8-4-2-1-3(6(4)10(14)16-8)7-5(2)9(13)17-11(7)15/h2-5,9,11,13H,6-7H2,1H3;3-5,7-9H,1-2H2;1-8H;2-7H,1H2. The number of esters is 16. The lowest BCUT2D eigenvalue weighted by Gasteiger charge is -2.42. The highest BCUT2D eigenvalue weighted by Gasteiger charge is 2.73. The third kappa shape index (κ3) is 6.40. The second kappa shape index (κ2) is 16.3. The molecule has 8 heterocycles. The summed E-state index contributed by atoms with van der Waals surface area (Å²) < 4.78 is 37.3. The minimum absolute atomic E-state index is 0.00987. The molecule has 24 heteroatoms. The zero-order chi connectivity index (χ0) is 53.5. The van der Waals surface area contributed by atoms with Crippen LogP contribution in [0.4, 0.5) is 0 Å². The van der Waals surface area contributed by atoms with Gasteiger partial charge in [-0.2, -0.15) is 0 Å². The monoisotopic (exact) mass is 1050 g/mol. The number of carbonyl (C=O) groups is 16. The predicted molar refractivity (Wildman–Crippen MR) is 227 cm³/mol. The van der Waals surface area contributed by atoms with E-state index < -0.39 is 196 Å². The first-order valence-electron chi connectivity index (χ1n) is 25.0. The van der Waals surface area contributed by atoms with Crippen molar-refractivity contribution in [3.8, 4) is 0 Å². The van der Waals surface area contributed by atoms with E-state index in [0.29, 0.717) is 18.4 Å². The van der Waals surface area contributed by atoms with Crippen LogP contribution >= 0.6 is 0 Å². The minimum atomic E-state index is -0.745.